The zero-order valence-electron chi connectivity index (χ0n) is 17.5. The van der Waals surface area contributed by atoms with E-state index >= 15 is 0 Å². The maximum absolute atomic E-state index is 12.9. The number of ketones is 1. The zero-order chi connectivity index (χ0) is 23.1. The van der Waals surface area contributed by atoms with Crippen molar-refractivity contribution in [3.05, 3.63) is 35.4 Å². The minimum atomic E-state index is -1.50. The predicted molar refractivity (Wildman–Crippen MR) is 116 cm³/mol. The van der Waals surface area contributed by atoms with Crippen LogP contribution in [0.5, 0.6) is 23.0 Å². The second-order valence-corrected chi connectivity index (χ2v) is 6.77. The van der Waals surface area contributed by atoms with Gasteiger partial charge in [-0.25, -0.2) is 4.42 Å². The highest BCUT2D eigenvalue weighted by Gasteiger charge is 2.30. The van der Waals surface area contributed by atoms with Crippen molar-refractivity contribution in [3.8, 4) is 23.0 Å². The van der Waals surface area contributed by atoms with Crippen LogP contribution in [0.4, 0.5) is 11.4 Å². The third-order valence-corrected chi connectivity index (χ3v) is 4.85. The monoisotopic (exact) mass is 469 g/mol. The molecule has 2 aromatic rings. The van der Waals surface area contributed by atoms with Crippen molar-refractivity contribution in [1.82, 2.24) is 0 Å². The molecular formula is C20H21Cl2N3O6. The van der Waals surface area contributed by atoms with Crippen LogP contribution < -0.4 is 23.4 Å². The second kappa shape index (κ2) is 10.8. The number of halogens is 2. The fourth-order valence-corrected chi connectivity index (χ4v) is 3.01. The van der Waals surface area contributed by atoms with Crippen molar-refractivity contribution in [3.63, 3.8) is 0 Å². The van der Waals surface area contributed by atoms with Crippen LogP contribution in [0, 0.1) is 0 Å². The van der Waals surface area contributed by atoms with Crippen LogP contribution in [0.25, 0.3) is 0 Å². The third-order valence-electron chi connectivity index (χ3n) is 4.13. The first-order valence-electron chi connectivity index (χ1n) is 8.81. The molecule has 0 aliphatic carbocycles. The molecule has 0 saturated carbocycles. The molecule has 0 aliphatic rings. The molecular weight excluding hydrogens is 449 g/mol. The molecule has 1 unspecified atom stereocenters. The number of methoxy groups -OCH3 is 4. The number of benzene rings is 2. The van der Waals surface area contributed by atoms with Gasteiger partial charge in [0.25, 0.3) is 5.91 Å². The molecule has 31 heavy (non-hydrogen) atoms. The van der Waals surface area contributed by atoms with Crippen LogP contribution in [0.3, 0.4) is 0 Å². The van der Waals surface area contributed by atoms with E-state index in [1.807, 2.05) is 0 Å². The Labute approximate surface area is 189 Å². The molecule has 0 fully saturated rings. The molecule has 0 spiro atoms. The Morgan fingerprint density at radius 3 is 2.00 bits per heavy atom. The van der Waals surface area contributed by atoms with Gasteiger partial charge in [-0.3, -0.25) is 9.59 Å². The molecule has 1 amide bonds. The average Bonchev–Trinajstić information content (AvgIpc) is 2.78. The van der Waals surface area contributed by atoms with Crippen LogP contribution in [0.15, 0.2) is 40.6 Å². The minimum Gasteiger partial charge on any atom is -0.497 e. The van der Waals surface area contributed by atoms with Crippen molar-refractivity contribution in [2.24, 2.45) is 10.2 Å². The van der Waals surface area contributed by atoms with Gasteiger partial charge < -0.3 is 18.9 Å². The topological polar surface area (TPSA) is 99.0 Å². The summed E-state index contributed by atoms with van der Waals surface area (Å²) in [5, 5.41) is 8.13. The van der Waals surface area contributed by atoms with Gasteiger partial charge in [-0.2, -0.15) is 10.2 Å². The zero-order valence-corrected chi connectivity index (χ0v) is 19.0. The Kier molecular flexibility index (Phi) is 8.47. The number of carbonyl (C=O) groups is 2. The van der Waals surface area contributed by atoms with Crippen LogP contribution in [0.1, 0.15) is 6.92 Å². The van der Waals surface area contributed by atoms with Crippen molar-refractivity contribution in [1.29, 1.82) is 0 Å². The van der Waals surface area contributed by atoms with Gasteiger partial charge in [0, 0.05) is 30.0 Å². The molecule has 1 atom stereocenters. The largest absolute Gasteiger partial charge is 0.497 e. The summed E-state index contributed by atoms with van der Waals surface area (Å²) in [4.78, 5) is 25.1. The number of azo groups is 1. The standard InChI is InChI=1S/C20H21Cl2N3O6/c1-11(26)19(24-23-12-8-16(30-4)18(21)17(9-12)31-5)20(27)25(22)14-10-13(28-2)6-7-15(14)29-3/h6-10,19H,1-5H3. The first kappa shape index (κ1) is 24.2. The van der Waals surface area contributed by atoms with E-state index in [0.717, 1.165) is 4.42 Å². The Hall–Kier alpha value is -3.04. The molecule has 2 aromatic carbocycles. The van der Waals surface area contributed by atoms with Gasteiger partial charge >= 0.3 is 0 Å². The Morgan fingerprint density at radius 1 is 0.935 bits per heavy atom. The summed E-state index contributed by atoms with van der Waals surface area (Å²) in [5.41, 5.74) is 0.446. The van der Waals surface area contributed by atoms with Gasteiger partial charge in [0.1, 0.15) is 33.7 Å². The van der Waals surface area contributed by atoms with Gasteiger partial charge in [0.2, 0.25) is 6.04 Å². The Bertz CT molecular complexity index is 974. The molecule has 0 bridgehead atoms. The molecule has 2 rings (SSSR count). The van der Waals surface area contributed by atoms with E-state index in [0.29, 0.717) is 23.0 Å². The minimum absolute atomic E-state index is 0.185. The van der Waals surface area contributed by atoms with Crippen LogP contribution in [0.2, 0.25) is 5.02 Å². The molecule has 9 nitrogen and oxygen atoms in total. The average molecular weight is 470 g/mol. The number of rotatable bonds is 9. The van der Waals surface area contributed by atoms with Crippen molar-refractivity contribution in [2.75, 3.05) is 32.9 Å². The lowest BCUT2D eigenvalue weighted by Crippen LogP contribution is -2.36. The smallest absolute Gasteiger partial charge is 0.276 e. The number of anilines is 1. The number of amides is 1. The highest BCUT2D eigenvalue weighted by Crippen LogP contribution is 2.38. The van der Waals surface area contributed by atoms with E-state index in [9.17, 15) is 9.59 Å². The Morgan fingerprint density at radius 2 is 1.52 bits per heavy atom. The lowest BCUT2D eigenvalue weighted by Gasteiger charge is -2.19. The molecule has 0 heterocycles. The van der Waals surface area contributed by atoms with Crippen molar-refractivity contribution < 1.29 is 28.5 Å². The van der Waals surface area contributed by atoms with Gasteiger partial charge in [-0.05, 0) is 19.1 Å². The number of Topliss-reactive ketones (excluding diaryl/α,β-unsaturated/α-hetero) is 1. The number of hydrogen-bond donors (Lipinski definition) is 0. The fraction of sp³-hybridized carbons (Fsp3) is 0.300. The normalized spacial score (nSPS) is 11.7. The van der Waals surface area contributed by atoms with E-state index in [4.69, 9.17) is 42.3 Å². The first-order chi connectivity index (χ1) is 14.8. The quantitative estimate of drug-likeness (QED) is 0.302. The van der Waals surface area contributed by atoms with Crippen molar-refractivity contribution in [2.45, 2.75) is 13.0 Å². The summed E-state index contributed by atoms with van der Waals surface area (Å²) in [5.74, 6) is -0.0563. The third kappa shape index (κ3) is 5.56. The predicted octanol–water partition coefficient (Wildman–Crippen LogP) is 4.60. The van der Waals surface area contributed by atoms with Gasteiger partial charge in [-0.15, -0.1) is 0 Å². The second-order valence-electron chi connectivity index (χ2n) is 6.05. The van der Waals surface area contributed by atoms with Crippen LogP contribution >= 0.6 is 23.4 Å². The summed E-state index contributed by atoms with van der Waals surface area (Å²) in [6.45, 7) is 1.21. The highest BCUT2D eigenvalue weighted by atomic mass is 35.5. The van der Waals surface area contributed by atoms with Crippen molar-refractivity contribution >= 4 is 46.4 Å². The molecule has 0 aliphatic heterocycles. The van der Waals surface area contributed by atoms with E-state index in [-0.39, 0.29) is 16.4 Å². The first-order valence-corrected chi connectivity index (χ1v) is 9.53. The van der Waals surface area contributed by atoms with Gasteiger partial charge in [0.05, 0.1) is 34.1 Å². The highest BCUT2D eigenvalue weighted by molar-refractivity contribution is 6.39. The number of nitrogens with zero attached hydrogens (tertiary/aromatic N) is 3. The molecule has 0 radical (unpaired) electrons. The summed E-state index contributed by atoms with van der Waals surface area (Å²) in [7, 11) is 5.74. The maximum Gasteiger partial charge on any atom is 0.276 e. The summed E-state index contributed by atoms with van der Waals surface area (Å²) < 4.78 is 21.5. The van der Waals surface area contributed by atoms with E-state index in [1.165, 1.54) is 53.6 Å². The van der Waals surface area contributed by atoms with Crippen LogP contribution in [-0.4, -0.2) is 46.2 Å². The maximum atomic E-state index is 12.9. The summed E-state index contributed by atoms with van der Waals surface area (Å²) in [6, 6.07) is 6.18. The molecule has 0 N–H and O–H groups in total. The number of ether oxygens (including phenoxy) is 4. The van der Waals surface area contributed by atoms with E-state index < -0.39 is 17.7 Å². The number of carbonyl (C=O) groups excluding carboxylic acids is 2. The fourth-order valence-electron chi connectivity index (χ4n) is 2.52. The summed E-state index contributed by atoms with van der Waals surface area (Å²) in [6.07, 6.45) is 0. The molecule has 0 aromatic heterocycles. The molecule has 166 valence electrons. The lowest BCUT2D eigenvalue weighted by molar-refractivity contribution is -0.126. The molecule has 0 saturated heterocycles. The van der Waals surface area contributed by atoms with E-state index in [1.54, 1.807) is 12.1 Å². The number of hydrogen-bond acceptors (Lipinski definition) is 8. The van der Waals surface area contributed by atoms with E-state index in [2.05, 4.69) is 10.2 Å². The SMILES string of the molecule is COc1ccc(OC)c(N(Cl)C(=O)C(N=Nc2cc(OC)c(Cl)c(OC)c2)C(C)=O)c1. The van der Waals surface area contributed by atoms with Crippen LogP contribution in [-0.2, 0) is 9.59 Å². The van der Waals surface area contributed by atoms with Gasteiger partial charge in [0.15, 0.2) is 5.78 Å². The van der Waals surface area contributed by atoms with Gasteiger partial charge in [-0.1, -0.05) is 11.6 Å². The summed E-state index contributed by atoms with van der Waals surface area (Å²) >= 11 is 12.4. The lowest BCUT2D eigenvalue weighted by atomic mass is 10.2. The molecule has 11 heteroatoms. The Balaban J connectivity index is 2.39.